The highest BCUT2D eigenvalue weighted by molar-refractivity contribution is 6.09. The lowest BCUT2D eigenvalue weighted by molar-refractivity contribution is -0.118. The number of nitrogens with two attached hydrogens (primary N) is 1. The maximum Gasteiger partial charge on any atom is 0.216 e. The molecule has 0 aliphatic rings. The zero-order chi connectivity index (χ0) is 19.4. The standard InChI is InChI=1S/C19H25N5O3/c1-4-26-11-15-23-17-18(24(15)3)16-13(22-19(17)20)7-5-8-14(16)27-10-6-9-21-12(2)25/h5,7-8H,4,6,9-11H2,1-3H3,(H2,20,22)(H,21,25). The van der Waals surface area contributed by atoms with Crippen LogP contribution >= 0.6 is 0 Å². The number of rotatable bonds is 8. The number of ether oxygens (including phenoxy) is 2. The van der Waals surface area contributed by atoms with E-state index in [0.29, 0.717) is 44.1 Å². The summed E-state index contributed by atoms with van der Waals surface area (Å²) in [7, 11) is 1.94. The van der Waals surface area contributed by atoms with Crippen LogP contribution in [0, 0.1) is 0 Å². The number of hydrogen-bond acceptors (Lipinski definition) is 6. The van der Waals surface area contributed by atoms with Gasteiger partial charge in [0.2, 0.25) is 5.91 Å². The smallest absolute Gasteiger partial charge is 0.216 e. The number of benzene rings is 1. The summed E-state index contributed by atoms with van der Waals surface area (Å²) in [6.07, 6.45) is 0.711. The van der Waals surface area contributed by atoms with Gasteiger partial charge in [0, 0.05) is 27.1 Å². The average Bonchev–Trinajstić information content (AvgIpc) is 2.97. The minimum Gasteiger partial charge on any atom is -0.493 e. The van der Waals surface area contributed by atoms with Crippen LogP contribution in [0.1, 0.15) is 26.1 Å². The van der Waals surface area contributed by atoms with Crippen molar-refractivity contribution in [3.8, 4) is 5.75 Å². The fourth-order valence-corrected chi connectivity index (χ4v) is 3.00. The first kappa shape index (κ1) is 18.9. The number of pyridine rings is 1. The molecule has 8 nitrogen and oxygen atoms in total. The number of carbonyl (C=O) groups is 1. The van der Waals surface area contributed by atoms with Crippen LogP contribution in [0.3, 0.4) is 0 Å². The minimum absolute atomic E-state index is 0.0433. The Morgan fingerprint density at radius 3 is 2.89 bits per heavy atom. The summed E-state index contributed by atoms with van der Waals surface area (Å²) in [6.45, 7) is 5.52. The first-order valence-electron chi connectivity index (χ1n) is 9.01. The Hall–Kier alpha value is -2.87. The molecule has 2 heterocycles. The quantitative estimate of drug-likeness (QED) is 0.588. The molecule has 0 atom stereocenters. The molecular weight excluding hydrogens is 346 g/mol. The van der Waals surface area contributed by atoms with Crippen molar-refractivity contribution in [2.45, 2.75) is 26.9 Å². The molecule has 0 spiro atoms. The van der Waals surface area contributed by atoms with Crippen LogP contribution < -0.4 is 15.8 Å². The van der Waals surface area contributed by atoms with Crippen molar-refractivity contribution in [3.05, 3.63) is 24.0 Å². The SMILES string of the molecule is CCOCc1nc2c(N)nc3cccc(OCCCNC(C)=O)c3c2n1C. The highest BCUT2D eigenvalue weighted by Crippen LogP contribution is 2.34. The fraction of sp³-hybridized carbons (Fsp3) is 0.421. The molecule has 3 aromatic rings. The van der Waals surface area contributed by atoms with E-state index in [1.54, 1.807) is 0 Å². The average molecular weight is 371 g/mol. The van der Waals surface area contributed by atoms with Crippen LogP contribution in [0.25, 0.3) is 21.9 Å². The van der Waals surface area contributed by atoms with Gasteiger partial charge in [-0.3, -0.25) is 4.79 Å². The predicted molar refractivity (Wildman–Crippen MR) is 105 cm³/mol. The Kier molecular flexibility index (Phi) is 5.75. The second kappa shape index (κ2) is 8.22. The zero-order valence-electron chi connectivity index (χ0n) is 15.9. The number of aryl methyl sites for hydroxylation is 1. The van der Waals surface area contributed by atoms with Crippen LogP contribution in [0.2, 0.25) is 0 Å². The zero-order valence-corrected chi connectivity index (χ0v) is 15.9. The number of imidazole rings is 1. The molecule has 0 fully saturated rings. The van der Waals surface area contributed by atoms with Crippen LogP contribution in [0.15, 0.2) is 18.2 Å². The van der Waals surface area contributed by atoms with Crippen molar-refractivity contribution in [3.63, 3.8) is 0 Å². The molecule has 0 bridgehead atoms. The molecule has 0 radical (unpaired) electrons. The van der Waals surface area contributed by atoms with Crippen molar-refractivity contribution in [1.29, 1.82) is 0 Å². The van der Waals surface area contributed by atoms with Crippen molar-refractivity contribution in [1.82, 2.24) is 19.9 Å². The first-order valence-corrected chi connectivity index (χ1v) is 9.01. The van der Waals surface area contributed by atoms with Gasteiger partial charge in [-0.15, -0.1) is 0 Å². The third-order valence-corrected chi connectivity index (χ3v) is 4.30. The van der Waals surface area contributed by atoms with Gasteiger partial charge in [0.05, 0.1) is 23.0 Å². The lowest BCUT2D eigenvalue weighted by Gasteiger charge is -2.12. The Morgan fingerprint density at radius 2 is 2.15 bits per heavy atom. The molecule has 27 heavy (non-hydrogen) atoms. The molecule has 144 valence electrons. The molecular formula is C19H25N5O3. The van der Waals surface area contributed by atoms with E-state index in [0.717, 1.165) is 28.0 Å². The first-order chi connectivity index (χ1) is 13.0. The van der Waals surface area contributed by atoms with Gasteiger partial charge in [-0.25, -0.2) is 9.97 Å². The van der Waals surface area contributed by atoms with Crippen molar-refractivity contribution in [2.24, 2.45) is 7.05 Å². The molecule has 0 saturated heterocycles. The maximum atomic E-state index is 11.0. The molecule has 1 amide bonds. The lowest BCUT2D eigenvalue weighted by atomic mass is 10.1. The van der Waals surface area contributed by atoms with E-state index in [2.05, 4.69) is 15.3 Å². The Bertz CT molecular complexity index is 967. The lowest BCUT2D eigenvalue weighted by Crippen LogP contribution is -2.22. The van der Waals surface area contributed by atoms with Gasteiger partial charge in [-0.2, -0.15) is 0 Å². The molecule has 0 aliphatic heterocycles. The van der Waals surface area contributed by atoms with Gasteiger partial charge in [0.25, 0.3) is 0 Å². The number of nitrogens with one attached hydrogen (secondary N) is 1. The number of aromatic nitrogens is 3. The minimum atomic E-state index is -0.0433. The van der Waals surface area contributed by atoms with Gasteiger partial charge in [-0.05, 0) is 25.5 Å². The number of nitrogen functional groups attached to an aromatic ring is 1. The third kappa shape index (κ3) is 3.95. The summed E-state index contributed by atoms with van der Waals surface area (Å²) >= 11 is 0. The van der Waals surface area contributed by atoms with E-state index in [1.807, 2.05) is 36.7 Å². The van der Waals surface area contributed by atoms with E-state index in [4.69, 9.17) is 15.2 Å². The maximum absolute atomic E-state index is 11.0. The Morgan fingerprint density at radius 1 is 1.33 bits per heavy atom. The van der Waals surface area contributed by atoms with E-state index < -0.39 is 0 Å². The third-order valence-electron chi connectivity index (χ3n) is 4.30. The van der Waals surface area contributed by atoms with Crippen LogP contribution in [0.4, 0.5) is 5.82 Å². The van der Waals surface area contributed by atoms with E-state index in [-0.39, 0.29) is 5.91 Å². The number of fused-ring (bicyclic) bond motifs is 3. The normalized spacial score (nSPS) is 11.2. The predicted octanol–water partition coefficient (Wildman–Crippen LogP) is 2.15. The molecule has 3 rings (SSSR count). The second-order valence-corrected chi connectivity index (χ2v) is 6.25. The molecule has 0 unspecified atom stereocenters. The number of amides is 1. The summed E-state index contributed by atoms with van der Waals surface area (Å²) < 4.78 is 13.5. The summed E-state index contributed by atoms with van der Waals surface area (Å²) in [5, 5.41) is 3.64. The molecule has 8 heteroatoms. The summed E-state index contributed by atoms with van der Waals surface area (Å²) in [5.74, 6) is 1.85. The highest BCUT2D eigenvalue weighted by Gasteiger charge is 2.18. The van der Waals surface area contributed by atoms with Gasteiger partial charge >= 0.3 is 0 Å². The van der Waals surface area contributed by atoms with Gasteiger partial charge in [0.1, 0.15) is 23.7 Å². The number of carbonyl (C=O) groups excluding carboxylic acids is 1. The molecule has 0 saturated carbocycles. The monoisotopic (exact) mass is 371 g/mol. The van der Waals surface area contributed by atoms with Gasteiger partial charge in [0.15, 0.2) is 5.82 Å². The summed E-state index contributed by atoms with van der Waals surface area (Å²) in [5.41, 5.74) is 8.42. The van der Waals surface area contributed by atoms with E-state index in [9.17, 15) is 4.79 Å². The second-order valence-electron chi connectivity index (χ2n) is 6.25. The Balaban J connectivity index is 1.98. The highest BCUT2D eigenvalue weighted by atomic mass is 16.5. The Labute approximate surface area is 157 Å². The van der Waals surface area contributed by atoms with Crippen molar-refractivity contribution >= 4 is 33.7 Å². The van der Waals surface area contributed by atoms with Crippen LogP contribution in [0.5, 0.6) is 5.75 Å². The summed E-state index contributed by atoms with van der Waals surface area (Å²) in [6, 6.07) is 5.71. The molecule has 0 aliphatic carbocycles. The molecule has 3 N–H and O–H groups in total. The number of anilines is 1. The van der Waals surface area contributed by atoms with Crippen LogP contribution in [-0.2, 0) is 23.2 Å². The number of hydrogen-bond donors (Lipinski definition) is 2. The van der Waals surface area contributed by atoms with Crippen LogP contribution in [-0.4, -0.2) is 40.2 Å². The molecule has 2 aromatic heterocycles. The summed E-state index contributed by atoms with van der Waals surface area (Å²) in [4.78, 5) is 20.1. The fourth-order valence-electron chi connectivity index (χ4n) is 3.00. The van der Waals surface area contributed by atoms with Gasteiger partial charge < -0.3 is 25.1 Å². The van der Waals surface area contributed by atoms with Gasteiger partial charge in [-0.1, -0.05) is 6.07 Å². The topological polar surface area (TPSA) is 104 Å². The van der Waals surface area contributed by atoms with E-state index in [1.165, 1.54) is 6.92 Å². The largest absolute Gasteiger partial charge is 0.493 e. The van der Waals surface area contributed by atoms with E-state index >= 15 is 0 Å². The van der Waals surface area contributed by atoms with Crippen molar-refractivity contribution < 1.29 is 14.3 Å². The number of nitrogens with zero attached hydrogens (tertiary/aromatic N) is 3. The van der Waals surface area contributed by atoms with Crippen molar-refractivity contribution in [2.75, 3.05) is 25.5 Å². The molecule has 1 aromatic carbocycles.